The van der Waals surface area contributed by atoms with Gasteiger partial charge in [-0.25, -0.2) is 13.4 Å². The second-order valence-corrected chi connectivity index (χ2v) is 10.2. The zero-order valence-corrected chi connectivity index (χ0v) is 17.8. The zero-order chi connectivity index (χ0) is 20.8. The van der Waals surface area contributed by atoms with Gasteiger partial charge < -0.3 is 14.6 Å². The fourth-order valence-corrected chi connectivity index (χ4v) is 5.41. The Labute approximate surface area is 172 Å². The van der Waals surface area contributed by atoms with Gasteiger partial charge in [0.05, 0.1) is 36.5 Å². The highest BCUT2D eigenvalue weighted by molar-refractivity contribution is 7.88. The molecule has 0 bridgehead atoms. The summed E-state index contributed by atoms with van der Waals surface area (Å²) in [5.74, 6) is 0.289. The summed E-state index contributed by atoms with van der Waals surface area (Å²) in [5.41, 5.74) is 0.736. The highest BCUT2D eigenvalue weighted by Crippen LogP contribution is 2.34. The van der Waals surface area contributed by atoms with E-state index in [4.69, 9.17) is 4.74 Å². The predicted molar refractivity (Wildman–Crippen MR) is 108 cm³/mol. The molecule has 2 aromatic heterocycles. The number of nitrogens with one attached hydrogen (secondary N) is 1. The van der Waals surface area contributed by atoms with Crippen molar-refractivity contribution < 1.29 is 17.9 Å². The maximum Gasteiger partial charge on any atom is 0.264 e. The van der Waals surface area contributed by atoms with Crippen LogP contribution in [0.25, 0.3) is 0 Å². The number of ether oxygens (including phenoxy) is 1. The first kappa shape index (κ1) is 20.0. The normalized spacial score (nSPS) is 19.9. The molecule has 0 saturated carbocycles. The van der Waals surface area contributed by atoms with Crippen molar-refractivity contribution in [3.8, 4) is 5.06 Å². The summed E-state index contributed by atoms with van der Waals surface area (Å²) in [5, 5.41) is 0.658. The van der Waals surface area contributed by atoms with E-state index in [1.807, 2.05) is 0 Å². The van der Waals surface area contributed by atoms with Gasteiger partial charge in [-0.2, -0.15) is 4.31 Å². The van der Waals surface area contributed by atoms with Gasteiger partial charge in [-0.1, -0.05) is 11.3 Å². The lowest BCUT2D eigenvalue weighted by Crippen LogP contribution is -2.39. The van der Waals surface area contributed by atoms with Gasteiger partial charge in [0.25, 0.3) is 11.5 Å². The number of hydrogen-bond donors (Lipinski definition) is 1. The van der Waals surface area contributed by atoms with Gasteiger partial charge in [0.1, 0.15) is 5.82 Å². The molecule has 4 rings (SSSR count). The summed E-state index contributed by atoms with van der Waals surface area (Å²) in [6.45, 7) is 0.915. The molecule has 29 heavy (non-hydrogen) atoms. The molecule has 1 saturated heterocycles. The first-order valence-electron chi connectivity index (χ1n) is 9.30. The van der Waals surface area contributed by atoms with Crippen molar-refractivity contribution in [3.63, 3.8) is 0 Å². The summed E-state index contributed by atoms with van der Waals surface area (Å²) in [4.78, 5) is 35.3. The van der Waals surface area contributed by atoms with Gasteiger partial charge in [-0.15, -0.1) is 0 Å². The second-order valence-electron chi connectivity index (χ2n) is 7.20. The maximum atomic E-state index is 13.0. The number of methoxy groups -OCH3 is 1. The molecule has 11 heteroatoms. The molecule has 0 spiro atoms. The molecule has 2 aliphatic heterocycles. The number of sulfonamides is 1. The van der Waals surface area contributed by atoms with E-state index in [-0.39, 0.29) is 30.6 Å². The summed E-state index contributed by atoms with van der Waals surface area (Å²) < 4.78 is 30.3. The summed E-state index contributed by atoms with van der Waals surface area (Å²) in [7, 11) is -1.81. The van der Waals surface area contributed by atoms with Gasteiger partial charge in [-0.05, 0) is 31.4 Å². The monoisotopic (exact) mass is 438 g/mol. The van der Waals surface area contributed by atoms with Crippen molar-refractivity contribution in [1.82, 2.24) is 19.2 Å². The molecule has 156 valence electrons. The smallest absolute Gasteiger partial charge is 0.264 e. The molecule has 0 radical (unpaired) electrons. The van der Waals surface area contributed by atoms with Crippen molar-refractivity contribution in [2.75, 3.05) is 26.5 Å². The lowest BCUT2D eigenvalue weighted by Gasteiger charge is -2.28. The Bertz CT molecular complexity index is 1110. The molecule has 1 amide bonds. The summed E-state index contributed by atoms with van der Waals surface area (Å²) in [6, 6.07) is 3.14. The van der Waals surface area contributed by atoms with Gasteiger partial charge in [-0.3, -0.25) is 9.59 Å². The number of thiophene rings is 1. The third-order valence-corrected chi connectivity index (χ3v) is 7.63. The minimum absolute atomic E-state index is 0.0773. The third-order valence-electron chi connectivity index (χ3n) is 5.35. The highest BCUT2D eigenvalue weighted by atomic mass is 32.2. The number of fused-ring (bicyclic) bond motifs is 1. The quantitative estimate of drug-likeness (QED) is 0.766. The lowest BCUT2D eigenvalue weighted by atomic mass is 10.1. The average molecular weight is 439 g/mol. The van der Waals surface area contributed by atoms with E-state index in [0.717, 1.165) is 12.7 Å². The fraction of sp³-hybridized carbons (Fsp3) is 0.500. The van der Waals surface area contributed by atoms with Crippen LogP contribution in [0, 0.1) is 0 Å². The van der Waals surface area contributed by atoms with Crippen molar-refractivity contribution in [2.45, 2.75) is 31.8 Å². The molecule has 2 aliphatic rings. The Morgan fingerprint density at radius 3 is 2.83 bits per heavy atom. The van der Waals surface area contributed by atoms with Crippen LogP contribution >= 0.6 is 11.3 Å². The number of amides is 1. The maximum absolute atomic E-state index is 13.0. The number of likely N-dealkylation sites (tertiary alicyclic amines) is 1. The number of carbonyl (C=O) groups is 1. The molecule has 2 aromatic rings. The number of rotatable bonds is 4. The summed E-state index contributed by atoms with van der Waals surface area (Å²) >= 11 is 1.27. The average Bonchev–Trinajstić information content (AvgIpc) is 3.35. The molecule has 0 unspecified atom stereocenters. The standard InChI is InChI=1S/C18H22N4O5S2/c1-27-15-6-5-14(28-15)18(24)22-8-3-4-13(22)16-19-12-10-21(29(2,25)26)9-7-11(12)17(23)20-16/h5-6,13H,3-4,7-10H2,1-2H3,(H,19,20,23)/t13-/m1/s1. The van der Waals surface area contributed by atoms with Gasteiger partial charge in [0.15, 0.2) is 5.06 Å². The van der Waals surface area contributed by atoms with Crippen LogP contribution in [0.1, 0.15) is 45.6 Å². The van der Waals surface area contributed by atoms with Crippen molar-refractivity contribution >= 4 is 27.3 Å². The van der Waals surface area contributed by atoms with Crippen LogP contribution in [-0.4, -0.2) is 60.0 Å². The van der Waals surface area contributed by atoms with Gasteiger partial charge in [0, 0.05) is 18.7 Å². The minimum Gasteiger partial charge on any atom is -0.487 e. The fourth-order valence-electron chi connectivity index (χ4n) is 3.86. The van der Waals surface area contributed by atoms with Crippen molar-refractivity contribution in [2.24, 2.45) is 0 Å². The van der Waals surface area contributed by atoms with Crippen LogP contribution in [0.2, 0.25) is 0 Å². The molecule has 0 aromatic carbocycles. The van der Waals surface area contributed by atoms with Crippen LogP contribution in [0.4, 0.5) is 0 Å². The molecular formula is C18H22N4O5S2. The molecular weight excluding hydrogens is 416 g/mol. The van der Waals surface area contributed by atoms with E-state index < -0.39 is 10.0 Å². The predicted octanol–water partition coefficient (Wildman–Crippen LogP) is 1.14. The van der Waals surface area contributed by atoms with E-state index in [1.54, 1.807) is 24.1 Å². The number of nitrogens with zero attached hydrogens (tertiary/aromatic N) is 3. The SMILES string of the molecule is COc1ccc(C(=O)N2CCC[C@@H]2c2nc3c(c(=O)[nH]2)CCN(S(C)(=O)=O)C3)s1. The van der Waals surface area contributed by atoms with E-state index in [0.29, 0.717) is 46.4 Å². The van der Waals surface area contributed by atoms with Crippen LogP contribution < -0.4 is 10.3 Å². The number of carbonyl (C=O) groups excluding carboxylic acids is 1. The van der Waals surface area contributed by atoms with Gasteiger partial charge >= 0.3 is 0 Å². The Kier molecular flexibility index (Phi) is 5.21. The topological polar surface area (TPSA) is 113 Å². The largest absolute Gasteiger partial charge is 0.487 e. The number of aromatic amines is 1. The third kappa shape index (κ3) is 3.81. The highest BCUT2D eigenvalue weighted by Gasteiger charge is 2.34. The van der Waals surface area contributed by atoms with E-state index in [1.165, 1.54) is 15.6 Å². The first-order valence-corrected chi connectivity index (χ1v) is 12.0. The Hall–Kier alpha value is -2.24. The van der Waals surface area contributed by atoms with E-state index in [9.17, 15) is 18.0 Å². The first-order chi connectivity index (χ1) is 13.8. The second kappa shape index (κ2) is 7.54. The van der Waals surface area contributed by atoms with Crippen LogP contribution in [0.15, 0.2) is 16.9 Å². The zero-order valence-electron chi connectivity index (χ0n) is 16.2. The molecule has 9 nitrogen and oxygen atoms in total. The molecule has 1 N–H and O–H groups in total. The number of aromatic nitrogens is 2. The van der Waals surface area contributed by atoms with Gasteiger partial charge in [0.2, 0.25) is 10.0 Å². The van der Waals surface area contributed by atoms with E-state index in [2.05, 4.69) is 9.97 Å². The lowest BCUT2D eigenvalue weighted by molar-refractivity contribution is 0.0734. The Balaban J connectivity index is 1.65. The number of H-pyrrole nitrogens is 1. The van der Waals surface area contributed by atoms with Crippen molar-refractivity contribution in [3.05, 3.63) is 44.4 Å². The minimum atomic E-state index is -3.37. The van der Waals surface area contributed by atoms with Crippen molar-refractivity contribution in [1.29, 1.82) is 0 Å². The Morgan fingerprint density at radius 1 is 1.34 bits per heavy atom. The molecule has 0 aliphatic carbocycles. The van der Waals surface area contributed by atoms with Crippen LogP contribution in [0.3, 0.4) is 0 Å². The molecule has 1 fully saturated rings. The van der Waals surface area contributed by atoms with E-state index >= 15 is 0 Å². The number of hydrogen-bond acceptors (Lipinski definition) is 7. The van der Waals surface area contributed by atoms with Crippen LogP contribution in [0.5, 0.6) is 5.06 Å². The molecule has 4 heterocycles. The molecule has 1 atom stereocenters. The van der Waals surface area contributed by atoms with Crippen LogP contribution in [-0.2, 0) is 23.0 Å². The summed E-state index contributed by atoms with van der Waals surface area (Å²) in [6.07, 6.45) is 2.97. The Morgan fingerprint density at radius 2 is 2.14 bits per heavy atom.